The van der Waals surface area contributed by atoms with Crippen molar-refractivity contribution in [2.45, 2.75) is 12.5 Å². The molecule has 0 bridgehead atoms. The van der Waals surface area contributed by atoms with Crippen LogP contribution in [0, 0.1) is 0 Å². The molecule has 0 saturated carbocycles. The number of hydrogen-bond acceptors (Lipinski definition) is 4. The molecule has 0 fully saturated rings. The first-order chi connectivity index (χ1) is 17.0. The lowest BCUT2D eigenvalue weighted by Gasteiger charge is -2.26. The van der Waals surface area contributed by atoms with Gasteiger partial charge < -0.3 is 14.4 Å². The number of rotatable bonds is 7. The second-order valence-corrected chi connectivity index (χ2v) is 9.13. The van der Waals surface area contributed by atoms with Crippen molar-refractivity contribution < 1.29 is 14.3 Å². The molecule has 3 aromatic carbocycles. The summed E-state index contributed by atoms with van der Waals surface area (Å²) in [5.41, 5.74) is 4.98. The van der Waals surface area contributed by atoms with Gasteiger partial charge in [-0.3, -0.25) is 9.89 Å². The van der Waals surface area contributed by atoms with E-state index in [1.165, 1.54) is 0 Å². The van der Waals surface area contributed by atoms with Crippen molar-refractivity contribution in [3.05, 3.63) is 99.2 Å². The second kappa shape index (κ2) is 9.64. The number of nitrogens with zero attached hydrogens (tertiary/aromatic N) is 2. The molecule has 1 aliphatic rings. The van der Waals surface area contributed by atoms with Crippen molar-refractivity contribution in [1.29, 1.82) is 0 Å². The van der Waals surface area contributed by atoms with Crippen LogP contribution in [0.3, 0.4) is 0 Å². The van der Waals surface area contributed by atoms with Crippen LogP contribution in [-0.4, -0.2) is 41.8 Å². The van der Waals surface area contributed by atoms with Crippen molar-refractivity contribution in [1.82, 2.24) is 15.1 Å². The number of amides is 1. The number of carbonyl (C=O) groups excluding carboxylic acids is 1. The SMILES string of the molecule is COc1ccc(CCN2C(=O)c3[nH]nc(-c4ccc(Cl)cc4)c3C2c2ccc(Cl)cc2)cc1OC. The van der Waals surface area contributed by atoms with Gasteiger partial charge in [0.25, 0.3) is 5.91 Å². The third-order valence-corrected chi connectivity index (χ3v) is 6.76. The average molecular weight is 508 g/mol. The minimum absolute atomic E-state index is 0.0897. The standard InChI is InChI=1S/C27H23Cl2N3O3/c1-34-21-12-3-16(15-22(21)35-2)13-14-32-26(18-6-10-20(29)11-7-18)23-24(30-31-25(23)27(32)33)17-4-8-19(28)9-5-17/h3-12,15,26H,13-14H2,1-2H3,(H,30,31). The van der Waals surface area contributed by atoms with Crippen LogP contribution < -0.4 is 9.47 Å². The zero-order valence-corrected chi connectivity index (χ0v) is 20.7. The Morgan fingerprint density at radius 2 is 1.57 bits per heavy atom. The van der Waals surface area contributed by atoms with Crippen LogP contribution >= 0.6 is 23.2 Å². The van der Waals surface area contributed by atoms with Gasteiger partial charge in [0.15, 0.2) is 11.5 Å². The molecule has 178 valence electrons. The van der Waals surface area contributed by atoms with Crippen molar-refractivity contribution >= 4 is 29.1 Å². The molecule has 1 aromatic heterocycles. The first kappa shape index (κ1) is 23.3. The fraction of sp³-hybridized carbons (Fsp3) is 0.185. The summed E-state index contributed by atoms with van der Waals surface area (Å²) in [7, 11) is 3.22. The maximum Gasteiger partial charge on any atom is 0.273 e. The molecule has 1 atom stereocenters. The summed E-state index contributed by atoms with van der Waals surface area (Å²) < 4.78 is 10.8. The molecule has 35 heavy (non-hydrogen) atoms. The van der Waals surface area contributed by atoms with Crippen molar-refractivity contribution in [3.8, 4) is 22.8 Å². The largest absolute Gasteiger partial charge is 0.493 e. The normalized spacial score (nSPS) is 14.8. The van der Waals surface area contributed by atoms with Gasteiger partial charge in [0.05, 0.1) is 26.0 Å². The first-order valence-corrected chi connectivity index (χ1v) is 11.9. The molecule has 8 heteroatoms. The molecular weight excluding hydrogens is 485 g/mol. The topological polar surface area (TPSA) is 67.5 Å². The molecule has 4 aromatic rings. The van der Waals surface area contributed by atoms with E-state index < -0.39 is 0 Å². The Labute approximate surface area is 213 Å². The highest BCUT2D eigenvalue weighted by atomic mass is 35.5. The Bertz CT molecular complexity index is 1370. The van der Waals surface area contributed by atoms with Gasteiger partial charge >= 0.3 is 0 Å². The van der Waals surface area contributed by atoms with Crippen molar-refractivity contribution in [2.24, 2.45) is 0 Å². The Morgan fingerprint density at radius 3 is 2.23 bits per heavy atom. The third-order valence-electron chi connectivity index (χ3n) is 6.26. The number of halogens is 2. The number of aromatic amines is 1. The number of nitrogens with one attached hydrogen (secondary N) is 1. The molecule has 1 amide bonds. The van der Waals surface area contributed by atoms with E-state index in [-0.39, 0.29) is 11.9 Å². The fourth-order valence-corrected chi connectivity index (χ4v) is 4.78. The monoisotopic (exact) mass is 507 g/mol. The molecule has 0 saturated heterocycles. The molecule has 0 spiro atoms. The number of fused-ring (bicyclic) bond motifs is 1. The van der Waals surface area contributed by atoms with E-state index in [4.69, 9.17) is 32.7 Å². The van der Waals surface area contributed by atoms with Gasteiger partial charge in [-0.15, -0.1) is 0 Å². The van der Waals surface area contributed by atoms with Gasteiger partial charge in [-0.05, 0) is 53.9 Å². The summed E-state index contributed by atoms with van der Waals surface area (Å²) >= 11 is 12.3. The number of benzene rings is 3. The Kier molecular flexibility index (Phi) is 6.41. The summed E-state index contributed by atoms with van der Waals surface area (Å²) in [5.74, 6) is 1.24. The van der Waals surface area contributed by atoms with E-state index in [1.807, 2.05) is 71.6 Å². The Hall–Kier alpha value is -3.48. The molecule has 1 N–H and O–H groups in total. The van der Waals surface area contributed by atoms with Crippen LogP contribution in [0.2, 0.25) is 10.0 Å². The smallest absolute Gasteiger partial charge is 0.273 e. The van der Waals surface area contributed by atoms with E-state index in [0.717, 1.165) is 27.9 Å². The molecule has 6 nitrogen and oxygen atoms in total. The number of hydrogen-bond donors (Lipinski definition) is 1. The predicted octanol–water partition coefficient (Wildman–Crippen LogP) is 6.19. The molecule has 5 rings (SSSR count). The predicted molar refractivity (Wildman–Crippen MR) is 137 cm³/mol. The van der Waals surface area contributed by atoms with Crippen LogP contribution in [0.15, 0.2) is 66.7 Å². The van der Waals surface area contributed by atoms with Gasteiger partial charge in [0.2, 0.25) is 0 Å². The van der Waals surface area contributed by atoms with E-state index >= 15 is 0 Å². The summed E-state index contributed by atoms with van der Waals surface area (Å²) in [6.07, 6.45) is 0.643. The maximum absolute atomic E-state index is 13.6. The Morgan fingerprint density at radius 1 is 0.914 bits per heavy atom. The van der Waals surface area contributed by atoms with Gasteiger partial charge in [-0.1, -0.05) is 53.5 Å². The van der Waals surface area contributed by atoms with Crippen LogP contribution in [-0.2, 0) is 6.42 Å². The lowest BCUT2D eigenvalue weighted by atomic mass is 9.96. The third kappa shape index (κ3) is 4.35. The van der Waals surface area contributed by atoms with Gasteiger partial charge in [-0.2, -0.15) is 5.10 Å². The number of aromatic nitrogens is 2. The van der Waals surface area contributed by atoms with Crippen LogP contribution in [0.25, 0.3) is 11.3 Å². The highest BCUT2D eigenvalue weighted by molar-refractivity contribution is 6.30. The quantitative estimate of drug-likeness (QED) is 0.323. The zero-order chi connectivity index (χ0) is 24.5. The summed E-state index contributed by atoms with van der Waals surface area (Å²) in [4.78, 5) is 15.4. The lowest BCUT2D eigenvalue weighted by Crippen LogP contribution is -2.31. The summed E-state index contributed by atoms with van der Waals surface area (Å²) in [6, 6.07) is 20.6. The average Bonchev–Trinajstić information content (AvgIpc) is 3.42. The highest BCUT2D eigenvalue weighted by Gasteiger charge is 2.41. The second-order valence-electron chi connectivity index (χ2n) is 8.26. The molecule has 1 unspecified atom stereocenters. The first-order valence-electron chi connectivity index (χ1n) is 11.1. The minimum Gasteiger partial charge on any atom is -0.493 e. The van der Waals surface area contributed by atoms with Gasteiger partial charge in [0, 0.05) is 27.7 Å². The summed E-state index contributed by atoms with van der Waals surface area (Å²) in [6.45, 7) is 0.504. The van der Waals surface area contributed by atoms with E-state index in [9.17, 15) is 4.79 Å². The van der Waals surface area contributed by atoms with Crippen LogP contribution in [0.1, 0.15) is 33.2 Å². The van der Waals surface area contributed by atoms with E-state index in [1.54, 1.807) is 14.2 Å². The van der Waals surface area contributed by atoms with Gasteiger partial charge in [0.1, 0.15) is 5.69 Å². The highest BCUT2D eigenvalue weighted by Crippen LogP contribution is 2.43. The van der Waals surface area contributed by atoms with Gasteiger partial charge in [-0.25, -0.2) is 0 Å². The molecular formula is C27H23Cl2N3O3. The molecule has 1 aliphatic heterocycles. The Balaban J connectivity index is 1.52. The zero-order valence-electron chi connectivity index (χ0n) is 19.2. The maximum atomic E-state index is 13.6. The van der Waals surface area contributed by atoms with Crippen LogP contribution in [0.4, 0.5) is 0 Å². The molecule has 0 aliphatic carbocycles. The van der Waals surface area contributed by atoms with Crippen LogP contribution in [0.5, 0.6) is 11.5 Å². The number of ether oxygens (including phenoxy) is 2. The lowest BCUT2D eigenvalue weighted by molar-refractivity contribution is 0.0746. The van der Waals surface area contributed by atoms with E-state index in [2.05, 4.69) is 10.2 Å². The number of H-pyrrole nitrogens is 1. The minimum atomic E-state index is -0.306. The number of carbonyl (C=O) groups is 1. The summed E-state index contributed by atoms with van der Waals surface area (Å²) in [5, 5.41) is 8.77. The molecule has 0 radical (unpaired) electrons. The fourth-order valence-electron chi connectivity index (χ4n) is 4.53. The van der Waals surface area contributed by atoms with Crippen molar-refractivity contribution in [2.75, 3.05) is 20.8 Å². The number of methoxy groups -OCH3 is 2. The molecule has 2 heterocycles. The van der Waals surface area contributed by atoms with Crippen molar-refractivity contribution in [3.63, 3.8) is 0 Å². The van der Waals surface area contributed by atoms with E-state index in [0.29, 0.717) is 40.2 Å².